The number of hydrogen-bond acceptors (Lipinski definition) is 0. The summed E-state index contributed by atoms with van der Waals surface area (Å²) in [7, 11) is 15.0. The molecule has 0 saturated heterocycles. The van der Waals surface area contributed by atoms with Gasteiger partial charge in [0.1, 0.15) is 0 Å². The summed E-state index contributed by atoms with van der Waals surface area (Å²) >= 11 is -2.13. The molecule has 0 heterocycles. The Morgan fingerprint density at radius 3 is 1.21 bits per heavy atom. The van der Waals surface area contributed by atoms with Crippen LogP contribution in [-0.4, -0.2) is 16.4 Å². The van der Waals surface area contributed by atoms with Crippen molar-refractivity contribution in [3.63, 3.8) is 0 Å². The Morgan fingerprint density at radius 2 is 1.14 bits per heavy atom. The summed E-state index contributed by atoms with van der Waals surface area (Å²) in [5, 5.41) is 0. The van der Waals surface area contributed by atoms with Crippen LogP contribution in [0.25, 0.3) is 0 Å². The molecule has 1 aromatic carbocycles. The fourth-order valence-electron chi connectivity index (χ4n) is 0.321. The molecule has 0 aliphatic heterocycles. The van der Waals surface area contributed by atoms with Crippen LogP contribution < -0.4 is 0 Å². The van der Waals surface area contributed by atoms with Crippen LogP contribution in [0, 0.1) is 13.3 Å². The van der Waals surface area contributed by atoms with E-state index in [1.165, 1.54) is 0 Å². The third-order valence-corrected chi connectivity index (χ3v) is 0.556. The Hall–Kier alpha value is 1.02. The third kappa shape index (κ3) is 51.9. The van der Waals surface area contributed by atoms with Gasteiger partial charge in [-0.05, 0) is 0 Å². The monoisotopic (exact) mass is 402 g/mol. The molecule has 0 aliphatic rings. The van der Waals surface area contributed by atoms with Gasteiger partial charge in [0, 0.05) is 0 Å². The van der Waals surface area contributed by atoms with Crippen molar-refractivity contribution in [3.05, 3.63) is 43.6 Å². The van der Waals surface area contributed by atoms with Crippen molar-refractivity contribution in [1.82, 2.24) is 0 Å². The van der Waals surface area contributed by atoms with E-state index < -0.39 is 16.4 Å². The van der Waals surface area contributed by atoms with Gasteiger partial charge in [0.25, 0.3) is 0 Å². The molecule has 0 atom stereocenters. The van der Waals surface area contributed by atoms with Gasteiger partial charge >= 0.3 is 82.8 Å². The van der Waals surface area contributed by atoms with E-state index in [1.54, 1.807) is 0 Å². The van der Waals surface area contributed by atoms with Crippen molar-refractivity contribution >= 4 is 43.1 Å². The fourth-order valence-corrected chi connectivity index (χ4v) is 0.321. The van der Waals surface area contributed by atoms with E-state index in [0.717, 1.165) is 0 Å². The summed E-state index contributed by atoms with van der Waals surface area (Å²) < 4.78 is 15.0. The van der Waals surface area contributed by atoms with Crippen LogP contribution in [0.1, 0.15) is 0 Å². The van der Waals surface area contributed by atoms with Gasteiger partial charge in [0.2, 0.25) is 0 Å². The quantitative estimate of drug-likeness (QED) is 0.364. The molecule has 1 aromatic rings. The van der Waals surface area contributed by atoms with Gasteiger partial charge in [-0.3, -0.25) is 0 Å². The summed E-state index contributed by atoms with van der Waals surface area (Å²) in [6.45, 7) is 9.00. The van der Waals surface area contributed by atoms with E-state index in [1.807, 2.05) is 30.3 Å². The zero-order valence-electron chi connectivity index (χ0n) is 6.69. The van der Waals surface area contributed by atoms with Crippen LogP contribution in [0.15, 0.2) is 30.3 Å². The van der Waals surface area contributed by atoms with E-state index in [-0.39, 0.29) is 17.1 Å². The molecule has 0 saturated carbocycles. The van der Waals surface area contributed by atoms with Gasteiger partial charge in [-0.1, -0.05) is 0 Å². The number of hydrogen-bond donors (Lipinski definition) is 0. The number of halogens is 3. The number of rotatable bonds is 0. The first-order chi connectivity index (χ1) is 6.23. The SMILES string of the molecule is [C-]#[O+].[C-]#[O+].[Cl][Sn]([Cl])[Cl].[Fe+5].c1cc[cH-]c1. The smallest absolute Gasteiger partial charge is 0.214 e. The molecular formula is C7H5Cl3FeO2Sn+4. The minimum absolute atomic E-state index is 0. The minimum atomic E-state index is -2.13. The van der Waals surface area contributed by atoms with Crippen molar-refractivity contribution in [1.29, 1.82) is 0 Å². The first-order valence-corrected chi connectivity index (χ1v) is 13.5. The molecule has 0 bridgehead atoms. The Morgan fingerprint density at radius 1 is 0.929 bits per heavy atom. The van der Waals surface area contributed by atoms with Crippen LogP contribution in [0.3, 0.4) is 0 Å². The molecule has 0 fully saturated rings. The first kappa shape index (κ1) is 24.3. The molecule has 0 N–H and O–H groups in total. The topological polar surface area (TPSA) is 39.8 Å². The Bertz CT molecular complexity index is 163. The van der Waals surface area contributed by atoms with Crippen LogP contribution in [-0.2, 0) is 26.4 Å². The van der Waals surface area contributed by atoms with Gasteiger partial charge in [-0.15, -0.1) is 0 Å². The van der Waals surface area contributed by atoms with Crippen molar-refractivity contribution < 1.29 is 26.4 Å². The second-order valence-corrected chi connectivity index (χ2v) is 13.9. The molecule has 0 amide bonds. The molecule has 2 nitrogen and oxygen atoms in total. The maximum absolute atomic E-state index is 7.50. The fraction of sp³-hybridized carbons (Fsp3) is 0. The van der Waals surface area contributed by atoms with Crippen molar-refractivity contribution in [2.75, 3.05) is 0 Å². The van der Waals surface area contributed by atoms with Gasteiger partial charge in [-0.2, -0.15) is 18.2 Å². The predicted octanol–water partition coefficient (Wildman–Crippen LogP) is 3.02. The Balaban J connectivity index is -0.0000000511. The molecule has 0 spiro atoms. The van der Waals surface area contributed by atoms with E-state index >= 15 is 0 Å². The van der Waals surface area contributed by atoms with E-state index in [0.29, 0.717) is 0 Å². The normalized spacial score (nSPS) is 5.71. The van der Waals surface area contributed by atoms with Crippen molar-refractivity contribution in [3.8, 4) is 0 Å². The van der Waals surface area contributed by atoms with Crippen LogP contribution in [0.2, 0.25) is 0 Å². The molecule has 0 aromatic heterocycles. The van der Waals surface area contributed by atoms with Gasteiger partial charge in [0.05, 0.1) is 0 Å². The molecular weight excluding hydrogens is 397 g/mol. The van der Waals surface area contributed by atoms with Crippen LogP contribution in [0.4, 0.5) is 0 Å². The van der Waals surface area contributed by atoms with E-state index in [4.69, 9.17) is 36.1 Å². The zero-order chi connectivity index (χ0) is 11.1. The van der Waals surface area contributed by atoms with Gasteiger partial charge < -0.3 is 0 Å². The summed E-state index contributed by atoms with van der Waals surface area (Å²) in [6.07, 6.45) is 0. The van der Waals surface area contributed by atoms with Crippen molar-refractivity contribution in [2.24, 2.45) is 0 Å². The average molecular weight is 402 g/mol. The molecule has 0 aliphatic carbocycles. The molecule has 7 heteroatoms. The standard InChI is InChI=1S/C5H5.2CO.3ClH.Fe.Sn/c1-2-4-5-3-1;2*1-2;;;;;/h1-5H;;;3*1H;;/q-1;;;;;;+5;+3/p-3. The largest absolute Gasteiger partial charge is 5.00 e. The second-order valence-electron chi connectivity index (χ2n) is 1.18. The molecule has 2 radical (unpaired) electrons. The minimum Gasteiger partial charge on any atom is -0.214 e. The van der Waals surface area contributed by atoms with Crippen LogP contribution in [0.5, 0.6) is 0 Å². The molecule has 0 unspecified atom stereocenters. The van der Waals surface area contributed by atoms with Crippen molar-refractivity contribution in [2.45, 2.75) is 0 Å². The van der Waals surface area contributed by atoms with Gasteiger partial charge in [0.15, 0.2) is 0 Å². The summed E-state index contributed by atoms with van der Waals surface area (Å²) in [5.74, 6) is 0. The van der Waals surface area contributed by atoms with E-state index in [9.17, 15) is 0 Å². The molecule has 14 heavy (non-hydrogen) atoms. The Kier molecular flexibility index (Phi) is 50.7. The average Bonchev–Trinajstić information content (AvgIpc) is 2.67. The summed E-state index contributed by atoms with van der Waals surface area (Å²) in [4.78, 5) is 0. The molecule has 1 rings (SSSR count). The van der Waals surface area contributed by atoms with Gasteiger partial charge in [-0.25, -0.2) is 12.1 Å². The maximum Gasteiger partial charge on any atom is 5.00 e. The molecule has 74 valence electrons. The zero-order valence-corrected chi connectivity index (χ0v) is 12.9. The second kappa shape index (κ2) is 29.2. The van der Waals surface area contributed by atoms with Crippen LogP contribution >= 0.6 is 26.8 Å². The summed E-state index contributed by atoms with van der Waals surface area (Å²) in [5.41, 5.74) is 0. The first-order valence-electron chi connectivity index (χ1n) is 2.64. The third-order valence-electron chi connectivity index (χ3n) is 0.556. The predicted molar refractivity (Wildman–Crippen MR) is 53.2 cm³/mol. The maximum atomic E-state index is 7.50. The Labute approximate surface area is 112 Å². The summed E-state index contributed by atoms with van der Waals surface area (Å²) in [6, 6.07) is 10.0. The van der Waals surface area contributed by atoms with E-state index in [2.05, 4.69) is 13.3 Å².